The minimum atomic E-state index is -1.11. The van der Waals surface area contributed by atoms with Crippen LogP contribution >= 0.6 is 0 Å². The first kappa shape index (κ1) is 23.9. The van der Waals surface area contributed by atoms with Crippen molar-refractivity contribution in [3.63, 3.8) is 0 Å². The van der Waals surface area contributed by atoms with Crippen molar-refractivity contribution in [3.05, 3.63) is 84.2 Å². The van der Waals surface area contributed by atoms with Gasteiger partial charge in [-0.2, -0.15) is 0 Å². The molecule has 1 amide bonds. The third-order valence-electron chi connectivity index (χ3n) is 6.17. The minimum Gasteiger partial charge on any atom is -0.478 e. The number of hydrogen-bond acceptors (Lipinski definition) is 4. The summed E-state index contributed by atoms with van der Waals surface area (Å²) in [5.74, 6) is -0.190. The van der Waals surface area contributed by atoms with Crippen LogP contribution in [-0.4, -0.2) is 54.5 Å². The Labute approximate surface area is 201 Å². The largest absolute Gasteiger partial charge is 0.478 e. The number of benzene rings is 3. The maximum absolute atomic E-state index is 13.1. The Morgan fingerprint density at radius 3 is 2.03 bits per heavy atom. The van der Waals surface area contributed by atoms with Crippen LogP contribution in [0.2, 0.25) is 0 Å². The van der Waals surface area contributed by atoms with E-state index in [2.05, 4.69) is 46.4 Å². The summed E-state index contributed by atoms with van der Waals surface area (Å²) < 4.78 is 18.9. The predicted octanol–water partition coefficient (Wildman–Crippen LogP) is 5.04. The highest BCUT2D eigenvalue weighted by Gasteiger charge is 2.30. The smallest absolute Gasteiger partial charge is 0.267 e. The maximum atomic E-state index is 13.1. The number of amides is 1. The van der Waals surface area contributed by atoms with Crippen molar-refractivity contribution < 1.29 is 13.9 Å². The highest BCUT2D eigenvalue weighted by molar-refractivity contribution is 5.97. The molecule has 1 N–H and O–H groups in total. The van der Waals surface area contributed by atoms with Crippen molar-refractivity contribution in [2.75, 3.05) is 38.5 Å². The fourth-order valence-electron chi connectivity index (χ4n) is 3.94. The highest BCUT2D eigenvalue weighted by Crippen LogP contribution is 2.24. The molecular weight excluding hydrogens is 429 g/mol. The average Bonchev–Trinajstić information content (AvgIpc) is 2.83. The molecule has 1 heterocycles. The van der Waals surface area contributed by atoms with E-state index in [1.807, 2.05) is 24.3 Å². The molecule has 0 unspecified atom stereocenters. The van der Waals surface area contributed by atoms with Gasteiger partial charge in [0.05, 0.1) is 0 Å². The summed E-state index contributed by atoms with van der Waals surface area (Å²) in [6.07, 6.45) is 0. The van der Waals surface area contributed by atoms with Gasteiger partial charge in [0.2, 0.25) is 0 Å². The van der Waals surface area contributed by atoms with Gasteiger partial charge in [-0.1, -0.05) is 36.4 Å². The topological polar surface area (TPSA) is 44.8 Å². The molecule has 1 aliphatic rings. The summed E-state index contributed by atoms with van der Waals surface area (Å²) in [5.41, 5.74) is 3.12. The fourth-order valence-corrected chi connectivity index (χ4v) is 3.94. The number of rotatable bonds is 7. The highest BCUT2D eigenvalue weighted by atomic mass is 19.1. The lowest BCUT2D eigenvalue weighted by Crippen LogP contribution is -2.43. The summed E-state index contributed by atoms with van der Waals surface area (Å²) in [6, 6.07) is 22.1. The lowest BCUT2D eigenvalue weighted by molar-refractivity contribution is -0.128. The second-order valence-corrected chi connectivity index (χ2v) is 9.37. The zero-order valence-electron chi connectivity index (χ0n) is 20.1. The SMILES string of the molecule is CN1CCN(Cc2ccc(-c3ccc(NC(=O)C(C)(C)Oc4ccc(F)cc4)cc3)cc2)CC1. The van der Waals surface area contributed by atoms with Crippen molar-refractivity contribution in [2.45, 2.75) is 26.0 Å². The summed E-state index contributed by atoms with van der Waals surface area (Å²) in [5, 5.41) is 2.90. The number of anilines is 1. The van der Waals surface area contributed by atoms with E-state index in [9.17, 15) is 9.18 Å². The molecular formula is C28H32FN3O2. The molecule has 0 aliphatic carbocycles. The average molecular weight is 462 g/mol. The molecule has 1 fully saturated rings. The Morgan fingerprint density at radius 2 is 1.44 bits per heavy atom. The monoisotopic (exact) mass is 461 g/mol. The molecule has 1 aliphatic heterocycles. The molecule has 0 spiro atoms. The molecule has 0 radical (unpaired) electrons. The van der Waals surface area contributed by atoms with Gasteiger partial charge in [0.15, 0.2) is 5.60 Å². The standard InChI is InChI=1S/C28H32FN3O2/c1-28(2,34-26-14-10-24(29)11-15-26)27(33)30-25-12-8-23(9-13-25)22-6-4-21(5-7-22)20-32-18-16-31(3)17-19-32/h4-15H,16-20H2,1-3H3,(H,30,33). The van der Waals surface area contributed by atoms with E-state index in [0.29, 0.717) is 11.4 Å². The Hall–Kier alpha value is -3.22. The zero-order valence-corrected chi connectivity index (χ0v) is 20.1. The second kappa shape index (κ2) is 10.4. The van der Waals surface area contributed by atoms with Gasteiger partial charge < -0.3 is 15.0 Å². The molecule has 4 rings (SSSR count). The quantitative estimate of drug-likeness (QED) is 0.536. The van der Waals surface area contributed by atoms with Gasteiger partial charge in [-0.3, -0.25) is 9.69 Å². The first-order valence-electron chi connectivity index (χ1n) is 11.6. The van der Waals surface area contributed by atoms with Gasteiger partial charge in [0.25, 0.3) is 5.91 Å². The van der Waals surface area contributed by atoms with Gasteiger partial charge in [-0.25, -0.2) is 4.39 Å². The van der Waals surface area contributed by atoms with Crippen LogP contribution in [0, 0.1) is 5.82 Å². The van der Waals surface area contributed by atoms with Gasteiger partial charge >= 0.3 is 0 Å². The van der Waals surface area contributed by atoms with Gasteiger partial charge in [0, 0.05) is 38.4 Å². The zero-order chi connectivity index (χ0) is 24.1. The van der Waals surface area contributed by atoms with E-state index in [0.717, 1.165) is 43.9 Å². The maximum Gasteiger partial charge on any atom is 0.267 e. The lowest BCUT2D eigenvalue weighted by atomic mass is 10.0. The van der Waals surface area contributed by atoms with Crippen LogP contribution in [0.1, 0.15) is 19.4 Å². The van der Waals surface area contributed by atoms with Gasteiger partial charge in [-0.15, -0.1) is 0 Å². The van der Waals surface area contributed by atoms with Gasteiger partial charge in [0.1, 0.15) is 11.6 Å². The number of hydrogen-bond donors (Lipinski definition) is 1. The number of halogens is 1. The number of carbonyl (C=O) groups excluding carboxylic acids is 1. The van der Waals surface area contributed by atoms with Crippen LogP contribution in [0.25, 0.3) is 11.1 Å². The predicted molar refractivity (Wildman–Crippen MR) is 134 cm³/mol. The molecule has 0 bridgehead atoms. The number of nitrogens with one attached hydrogen (secondary N) is 1. The Morgan fingerprint density at radius 1 is 0.882 bits per heavy atom. The first-order valence-corrected chi connectivity index (χ1v) is 11.6. The van der Waals surface area contributed by atoms with Crippen LogP contribution in [0.15, 0.2) is 72.8 Å². The Balaban J connectivity index is 1.34. The summed E-state index contributed by atoms with van der Waals surface area (Å²) >= 11 is 0. The van der Waals surface area contributed by atoms with Crippen LogP contribution in [0.3, 0.4) is 0 Å². The Bertz CT molecular complexity index is 1090. The number of carbonyl (C=O) groups is 1. The molecule has 3 aromatic carbocycles. The number of ether oxygens (including phenoxy) is 1. The summed E-state index contributed by atoms with van der Waals surface area (Å²) in [4.78, 5) is 17.6. The third kappa shape index (κ3) is 6.22. The van der Waals surface area contributed by atoms with Crippen molar-refractivity contribution >= 4 is 11.6 Å². The molecule has 1 saturated heterocycles. The summed E-state index contributed by atoms with van der Waals surface area (Å²) in [6.45, 7) is 8.81. The van der Waals surface area contributed by atoms with Crippen molar-refractivity contribution in [1.29, 1.82) is 0 Å². The van der Waals surface area contributed by atoms with Crippen LogP contribution < -0.4 is 10.1 Å². The van der Waals surface area contributed by atoms with E-state index in [-0.39, 0.29) is 11.7 Å². The molecule has 0 aromatic heterocycles. The van der Waals surface area contributed by atoms with E-state index in [1.54, 1.807) is 13.8 Å². The number of likely N-dealkylation sites (N-methyl/N-ethyl adjacent to an activating group) is 1. The van der Waals surface area contributed by atoms with Crippen molar-refractivity contribution in [1.82, 2.24) is 9.80 Å². The number of nitrogens with zero attached hydrogens (tertiary/aromatic N) is 2. The second-order valence-electron chi connectivity index (χ2n) is 9.37. The normalized spacial score (nSPS) is 15.2. The van der Waals surface area contributed by atoms with Crippen molar-refractivity contribution in [2.24, 2.45) is 0 Å². The van der Waals surface area contributed by atoms with Gasteiger partial charge in [-0.05, 0) is 74.0 Å². The van der Waals surface area contributed by atoms with E-state index < -0.39 is 5.60 Å². The molecule has 6 heteroatoms. The Kier molecular flexibility index (Phi) is 7.29. The molecule has 34 heavy (non-hydrogen) atoms. The molecule has 5 nitrogen and oxygen atoms in total. The third-order valence-corrected chi connectivity index (χ3v) is 6.17. The van der Waals surface area contributed by atoms with Crippen LogP contribution in [-0.2, 0) is 11.3 Å². The first-order chi connectivity index (χ1) is 16.3. The minimum absolute atomic E-state index is 0.280. The summed E-state index contributed by atoms with van der Waals surface area (Å²) in [7, 11) is 2.17. The van der Waals surface area contributed by atoms with Crippen LogP contribution in [0.5, 0.6) is 5.75 Å². The molecule has 3 aromatic rings. The number of piperazine rings is 1. The molecule has 0 saturated carbocycles. The lowest BCUT2D eigenvalue weighted by Gasteiger charge is -2.32. The molecule has 0 atom stereocenters. The molecule has 178 valence electrons. The van der Waals surface area contributed by atoms with E-state index >= 15 is 0 Å². The van der Waals surface area contributed by atoms with Crippen LogP contribution in [0.4, 0.5) is 10.1 Å². The van der Waals surface area contributed by atoms with Crippen molar-refractivity contribution in [3.8, 4) is 16.9 Å². The van der Waals surface area contributed by atoms with E-state index in [1.165, 1.54) is 29.8 Å². The van der Waals surface area contributed by atoms with E-state index in [4.69, 9.17) is 4.74 Å². The fraction of sp³-hybridized carbons (Fsp3) is 0.321.